The first-order valence-corrected chi connectivity index (χ1v) is 5.24. The Labute approximate surface area is 89.6 Å². The second-order valence-corrected chi connectivity index (χ2v) is 4.36. The van der Waals surface area contributed by atoms with Gasteiger partial charge in [0.2, 0.25) is 0 Å². The van der Waals surface area contributed by atoms with Crippen LogP contribution in [0.4, 0.5) is 0 Å². The molecule has 0 bridgehead atoms. The first-order valence-electron chi connectivity index (χ1n) is 4.72. The van der Waals surface area contributed by atoms with E-state index >= 15 is 0 Å². The van der Waals surface area contributed by atoms with Gasteiger partial charge in [0.25, 0.3) is 0 Å². The minimum atomic E-state index is 0.278. The fourth-order valence-corrected chi connectivity index (χ4v) is 1.67. The van der Waals surface area contributed by atoms with E-state index in [-0.39, 0.29) is 5.25 Å². The monoisotopic (exact) mass is 203 g/mol. The third-order valence-electron chi connectivity index (χ3n) is 2.33. The zero-order valence-electron chi connectivity index (χ0n) is 8.36. The molecule has 1 unspecified atom stereocenters. The summed E-state index contributed by atoms with van der Waals surface area (Å²) in [6, 6.07) is 10.4. The van der Waals surface area contributed by atoms with Crippen LogP contribution in [0.25, 0.3) is 10.9 Å². The molecule has 2 aromatic rings. The molecule has 0 fully saturated rings. The summed E-state index contributed by atoms with van der Waals surface area (Å²) in [6.07, 6.45) is 0. The standard InChI is InChI=1S/C12H13NS/c1-8-3-4-11-7-10(9(2)14)5-6-12(11)13-8/h3-7,9,14H,1-2H3. The van der Waals surface area contributed by atoms with Crippen molar-refractivity contribution in [1.29, 1.82) is 0 Å². The van der Waals surface area contributed by atoms with Crippen LogP contribution < -0.4 is 0 Å². The number of benzene rings is 1. The topological polar surface area (TPSA) is 12.9 Å². The van der Waals surface area contributed by atoms with E-state index in [1.54, 1.807) is 0 Å². The van der Waals surface area contributed by atoms with E-state index in [0.717, 1.165) is 11.2 Å². The van der Waals surface area contributed by atoms with Crippen LogP contribution in [0.3, 0.4) is 0 Å². The summed E-state index contributed by atoms with van der Waals surface area (Å²) in [6.45, 7) is 4.08. The maximum absolute atomic E-state index is 4.45. The van der Waals surface area contributed by atoms with E-state index in [4.69, 9.17) is 0 Å². The van der Waals surface area contributed by atoms with Crippen molar-refractivity contribution in [1.82, 2.24) is 4.98 Å². The third kappa shape index (κ3) is 1.75. The van der Waals surface area contributed by atoms with Gasteiger partial charge in [-0.1, -0.05) is 12.1 Å². The van der Waals surface area contributed by atoms with E-state index in [0.29, 0.717) is 0 Å². The van der Waals surface area contributed by atoms with Crippen molar-refractivity contribution in [3.8, 4) is 0 Å². The van der Waals surface area contributed by atoms with Crippen LogP contribution in [0.2, 0.25) is 0 Å². The second kappa shape index (κ2) is 3.62. The Morgan fingerprint density at radius 1 is 1.21 bits per heavy atom. The molecule has 1 atom stereocenters. The van der Waals surface area contributed by atoms with Gasteiger partial charge in [-0.2, -0.15) is 12.6 Å². The minimum absolute atomic E-state index is 0.278. The highest BCUT2D eigenvalue weighted by molar-refractivity contribution is 7.80. The number of fused-ring (bicyclic) bond motifs is 1. The normalized spacial score (nSPS) is 13.1. The number of nitrogens with zero attached hydrogens (tertiary/aromatic N) is 1. The lowest BCUT2D eigenvalue weighted by atomic mass is 10.1. The van der Waals surface area contributed by atoms with Crippen molar-refractivity contribution in [2.24, 2.45) is 0 Å². The average molecular weight is 203 g/mol. The summed E-state index contributed by atoms with van der Waals surface area (Å²) >= 11 is 4.41. The Kier molecular flexibility index (Phi) is 2.46. The molecule has 0 saturated carbocycles. The van der Waals surface area contributed by atoms with Crippen LogP contribution >= 0.6 is 12.6 Å². The molecule has 0 N–H and O–H groups in total. The fourth-order valence-electron chi connectivity index (χ4n) is 1.51. The second-order valence-electron chi connectivity index (χ2n) is 3.58. The molecule has 1 aromatic carbocycles. The van der Waals surface area contributed by atoms with Gasteiger partial charge < -0.3 is 0 Å². The first-order chi connectivity index (χ1) is 6.66. The quantitative estimate of drug-likeness (QED) is 0.699. The summed E-state index contributed by atoms with van der Waals surface area (Å²) in [7, 11) is 0. The number of rotatable bonds is 1. The van der Waals surface area contributed by atoms with Gasteiger partial charge in [-0.05, 0) is 37.6 Å². The number of hydrogen-bond acceptors (Lipinski definition) is 2. The highest BCUT2D eigenvalue weighted by Gasteiger charge is 2.01. The van der Waals surface area contributed by atoms with E-state index in [9.17, 15) is 0 Å². The third-order valence-corrected chi connectivity index (χ3v) is 2.63. The van der Waals surface area contributed by atoms with E-state index in [1.165, 1.54) is 10.9 Å². The number of aromatic nitrogens is 1. The van der Waals surface area contributed by atoms with Crippen molar-refractivity contribution in [3.05, 3.63) is 41.6 Å². The lowest BCUT2D eigenvalue weighted by Gasteiger charge is -2.06. The fraction of sp³-hybridized carbons (Fsp3) is 0.250. The molecule has 2 rings (SSSR count). The van der Waals surface area contributed by atoms with Crippen LogP contribution in [0.5, 0.6) is 0 Å². The maximum Gasteiger partial charge on any atom is 0.0705 e. The smallest absolute Gasteiger partial charge is 0.0705 e. The zero-order valence-corrected chi connectivity index (χ0v) is 9.25. The molecule has 1 nitrogen and oxygen atoms in total. The summed E-state index contributed by atoms with van der Waals surface area (Å²) < 4.78 is 0. The van der Waals surface area contributed by atoms with Gasteiger partial charge in [0.05, 0.1) is 5.52 Å². The van der Waals surface area contributed by atoms with Gasteiger partial charge in [0, 0.05) is 16.3 Å². The summed E-state index contributed by atoms with van der Waals surface area (Å²) in [5.41, 5.74) is 3.36. The zero-order chi connectivity index (χ0) is 10.1. The van der Waals surface area contributed by atoms with Crippen molar-refractivity contribution >= 4 is 23.5 Å². The van der Waals surface area contributed by atoms with E-state index < -0.39 is 0 Å². The van der Waals surface area contributed by atoms with Gasteiger partial charge in [-0.3, -0.25) is 4.98 Å². The van der Waals surface area contributed by atoms with Crippen LogP contribution in [0.15, 0.2) is 30.3 Å². The van der Waals surface area contributed by atoms with Crippen molar-refractivity contribution in [2.45, 2.75) is 19.1 Å². The van der Waals surface area contributed by atoms with Crippen LogP contribution in [0.1, 0.15) is 23.4 Å². The summed E-state index contributed by atoms with van der Waals surface area (Å²) in [4.78, 5) is 4.45. The molecule has 0 aliphatic rings. The lowest BCUT2D eigenvalue weighted by Crippen LogP contribution is -1.87. The molecule has 0 radical (unpaired) electrons. The van der Waals surface area contributed by atoms with E-state index in [2.05, 4.69) is 48.8 Å². The molecule has 0 saturated heterocycles. The minimum Gasteiger partial charge on any atom is -0.253 e. The van der Waals surface area contributed by atoms with Crippen LogP contribution in [-0.4, -0.2) is 4.98 Å². The van der Waals surface area contributed by atoms with E-state index in [1.807, 2.05) is 13.0 Å². The Morgan fingerprint density at radius 2 is 2.00 bits per heavy atom. The van der Waals surface area contributed by atoms with Gasteiger partial charge >= 0.3 is 0 Å². The SMILES string of the molecule is Cc1ccc2cc(C(C)S)ccc2n1. The lowest BCUT2D eigenvalue weighted by molar-refractivity contribution is 1.11. The van der Waals surface area contributed by atoms with Gasteiger partial charge in [0.1, 0.15) is 0 Å². The molecule has 72 valence electrons. The molecule has 0 amide bonds. The number of thiol groups is 1. The predicted octanol–water partition coefficient (Wildman–Crippen LogP) is 3.53. The Hall–Kier alpha value is -1.02. The van der Waals surface area contributed by atoms with Crippen LogP contribution in [0, 0.1) is 6.92 Å². The molecule has 2 heteroatoms. The summed E-state index contributed by atoms with van der Waals surface area (Å²) in [5.74, 6) is 0. The molecule has 0 spiro atoms. The van der Waals surface area contributed by atoms with Crippen molar-refractivity contribution < 1.29 is 0 Å². The molecular weight excluding hydrogens is 190 g/mol. The van der Waals surface area contributed by atoms with Crippen molar-refractivity contribution in [3.63, 3.8) is 0 Å². The Balaban J connectivity index is 2.62. The number of pyridine rings is 1. The highest BCUT2D eigenvalue weighted by Crippen LogP contribution is 2.22. The molecule has 14 heavy (non-hydrogen) atoms. The molecular formula is C12H13NS. The molecule has 1 heterocycles. The number of hydrogen-bond donors (Lipinski definition) is 1. The van der Waals surface area contributed by atoms with Crippen molar-refractivity contribution in [2.75, 3.05) is 0 Å². The summed E-state index contributed by atoms with van der Waals surface area (Å²) in [5, 5.41) is 1.47. The van der Waals surface area contributed by atoms with Gasteiger partial charge in [0.15, 0.2) is 0 Å². The molecule has 0 aliphatic heterocycles. The number of aryl methyl sites for hydroxylation is 1. The predicted molar refractivity (Wildman–Crippen MR) is 63.9 cm³/mol. The Bertz CT molecular complexity index is 463. The van der Waals surface area contributed by atoms with Gasteiger partial charge in [-0.15, -0.1) is 0 Å². The molecule has 1 aromatic heterocycles. The van der Waals surface area contributed by atoms with Crippen LogP contribution in [-0.2, 0) is 0 Å². The first kappa shape index (κ1) is 9.53. The average Bonchev–Trinajstić information content (AvgIpc) is 2.16. The van der Waals surface area contributed by atoms with Gasteiger partial charge in [-0.25, -0.2) is 0 Å². The molecule has 0 aliphatic carbocycles. The highest BCUT2D eigenvalue weighted by atomic mass is 32.1. The Morgan fingerprint density at radius 3 is 2.71 bits per heavy atom. The largest absolute Gasteiger partial charge is 0.253 e. The maximum atomic E-state index is 4.45.